The van der Waals surface area contributed by atoms with Gasteiger partial charge >= 0.3 is 12.0 Å². The topological polar surface area (TPSA) is 87.5 Å². The molecule has 1 rings (SSSR count). The van der Waals surface area contributed by atoms with Crippen LogP contribution < -0.4 is 5.32 Å². The number of hydrogen-bond donors (Lipinski definition) is 2. The highest BCUT2D eigenvalue weighted by Gasteiger charge is 2.11. The highest BCUT2D eigenvalue weighted by molar-refractivity contribution is 5.84. The zero-order valence-electron chi connectivity index (χ0n) is 11.8. The summed E-state index contributed by atoms with van der Waals surface area (Å²) >= 11 is 0. The summed E-state index contributed by atoms with van der Waals surface area (Å²) in [5.74, 6) is -1.06. The van der Waals surface area contributed by atoms with Crippen molar-refractivity contribution < 1.29 is 14.7 Å². The first-order valence-electron chi connectivity index (χ1n) is 6.36. The van der Waals surface area contributed by atoms with Crippen LogP contribution in [0.2, 0.25) is 0 Å². The van der Waals surface area contributed by atoms with Crippen LogP contribution in [-0.2, 0) is 6.54 Å². The summed E-state index contributed by atoms with van der Waals surface area (Å²) in [5.41, 5.74) is 0.913. The third-order valence-electron chi connectivity index (χ3n) is 2.63. The van der Waals surface area contributed by atoms with E-state index in [-0.39, 0.29) is 11.7 Å². The molecule has 7 nitrogen and oxygen atoms in total. The lowest BCUT2D eigenvalue weighted by Crippen LogP contribution is -2.41. The van der Waals surface area contributed by atoms with Crippen LogP contribution in [0.3, 0.4) is 0 Å². The number of hydrogen-bond acceptors (Lipinski definition) is 3. The van der Waals surface area contributed by atoms with Crippen molar-refractivity contribution in [2.45, 2.75) is 20.4 Å². The van der Waals surface area contributed by atoms with E-state index in [1.165, 1.54) is 12.5 Å². The lowest BCUT2D eigenvalue weighted by molar-refractivity contribution is 0.0691. The standard InChI is InChI=1S/C13H20N4O3/c1-4-17(7-10(2)3)13(20)14-5-6-16-8-11(12(18)19)15-9-16/h8-9H,2,4-7H2,1,3H3,(H,14,20)(H,18,19). The summed E-state index contributed by atoms with van der Waals surface area (Å²) in [6.07, 6.45) is 2.86. The normalized spacial score (nSPS) is 10.1. The predicted octanol–water partition coefficient (Wildman–Crippen LogP) is 1.19. The molecule has 1 aromatic heterocycles. The van der Waals surface area contributed by atoms with E-state index >= 15 is 0 Å². The van der Waals surface area contributed by atoms with Gasteiger partial charge in [0.1, 0.15) is 0 Å². The van der Waals surface area contributed by atoms with Crippen LogP contribution >= 0.6 is 0 Å². The molecule has 0 unspecified atom stereocenters. The Morgan fingerprint density at radius 3 is 2.75 bits per heavy atom. The molecule has 0 aromatic carbocycles. The van der Waals surface area contributed by atoms with Crippen molar-refractivity contribution in [2.24, 2.45) is 0 Å². The minimum Gasteiger partial charge on any atom is -0.476 e. The minimum absolute atomic E-state index is 0.00575. The van der Waals surface area contributed by atoms with E-state index in [1.54, 1.807) is 9.47 Å². The molecule has 2 N–H and O–H groups in total. The van der Waals surface area contributed by atoms with Crippen molar-refractivity contribution >= 4 is 12.0 Å². The second-order valence-electron chi connectivity index (χ2n) is 4.51. The van der Waals surface area contributed by atoms with Crippen molar-refractivity contribution in [2.75, 3.05) is 19.6 Å². The Morgan fingerprint density at radius 2 is 2.25 bits per heavy atom. The number of aromatic nitrogens is 2. The maximum atomic E-state index is 11.9. The van der Waals surface area contributed by atoms with Crippen LogP contribution in [0.25, 0.3) is 0 Å². The number of nitrogens with zero attached hydrogens (tertiary/aromatic N) is 3. The summed E-state index contributed by atoms with van der Waals surface area (Å²) in [6, 6.07) is -0.158. The third-order valence-corrected chi connectivity index (χ3v) is 2.63. The Morgan fingerprint density at radius 1 is 1.55 bits per heavy atom. The molecule has 0 fully saturated rings. The average Bonchev–Trinajstić information content (AvgIpc) is 2.84. The fourth-order valence-corrected chi connectivity index (χ4v) is 1.65. The summed E-state index contributed by atoms with van der Waals surface area (Å²) in [4.78, 5) is 27.9. The lowest BCUT2D eigenvalue weighted by atomic mass is 10.3. The van der Waals surface area contributed by atoms with E-state index < -0.39 is 5.97 Å². The van der Waals surface area contributed by atoms with Crippen molar-refractivity contribution in [3.63, 3.8) is 0 Å². The zero-order valence-corrected chi connectivity index (χ0v) is 11.8. The molecule has 0 bridgehead atoms. The molecule has 0 atom stereocenters. The molecule has 2 amide bonds. The summed E-state index contributed by atoms with van der Waals surface area (Å²) in [6.45, 7) is 9.55. The number of carbonyl (C=O) groups is 2. The van der Waals surface area contributed by atoms with Gasteiger partial charge in [-0.1, -0.05) is 12.2 Å². The Bertz CT molecular complexity index is 496. The quantitative estimate of drug-likeness (QED) is 0.734. The van der Waals surface area contributed by atoms with E-state index in [2.05, 4.69) is 16.9 Å². The van der Waals surface area contributed by atoms with Crippen LogP contribution in [0.4, 0.5) is 4.79 Å². The maximum Gasteiger partial charge on any atom is 0.356 e. The van der Waals surface area contributed by atoms with Gasteiger partial charge in [-0.2, -0.15) is 0 Å². The number of carboxylic acid groups (broad SMARTS) is 1. The fourth-order valence-electron chi connectivity index (χ4n) is 1.65. The van der Waals surface area contributed by atoms with E-state index in [0.29, 0.717) is 26.2 Å². The maximum absolute atomic E-state index is 11.9. The van der Waals surface area contributed by atoms with Gasteiger partial charge in [0.2, 0.25) is 0 Å². The van der Waals surface area contributed by atoms with Crippen LogP contribution in [0, 0.1) is 0 Å². The van der Waals surface area contributed by atoms with E-state index in [9.17, 15) is 9.59 Å². The molecule has 0 radical (unpaired) electrons. The molecule has 0 saturated heterocycles. The van der Waals surface area contributed by atoms with Gasteiger partial charge in [0.25, 0.3) is 0 Å². The molecular weight excluding hydrogens is 260 g/mol. The number of nitrogens with one attached hydrogen (secondary N) is 1. The van der Waals surface area contributed by atoms with Gasteiger partial charge in [-0.15, -0.1) is 0 Å². The summed E-state index contributed by atoms with van der Waals surface area (Å²) < 4.78 is 1.62. The Kier molecular flexibility index (Phi) is 5.76. The average molecular weight is 280 g/mol. The molecule has 1 heterocycles. The number of carbonyl (C=O) groups excluding carboxylic acids is 1. The Labute approximate surface area is 117 Å². The molecular formula is C13H20N4O3. The monoisotopic (exact) mass is 280 g/mol. The molecule has 0 saturated carbocycles. The van der Waals surface area contributed by atoms with Crippen molar-refractivity contribution in [1.82, 2.24) is 19.8 Å². The molecule has 0 aliphatic carbocycles. The number of imidazole rings is 1. The van der Waals surface area contributed by atoms with Gasteiger partial charge in [0.05, 0.1) is 6.33 Å². The van der Waals surface area contributed by atoms with Crippen LogP contribution in [0.5, 0.6) is 0 Å². The summed E-state index contributed by atoms with van der Waals surface area (Å²) in [7, 11) is 0. The smallest absolute Gasteiger partial charge is 0.356 e. The number of urea groups is 1. The SMILES string of the molecule is C=C(C)CN(CC)C(=O)NCCn1cnc(C(=O)O)c1. The highest BCUT2D eigenvalue weighted by Crippen LogP contribution is 1.97. The fraction of sp³-hybridized carbons (Fsp3) is 0.462. The number of carboxylic acids is 1. The van der Waals surface area contributed by atoms with Crippen LogP contribution in [-0.4, -0.2) is 51.2 Å². The van der Waals surface area contributed by atoms with E-state index in [4.69, 9.17) is 5.11 Å². The molecule has 0 aliphatic heterocycles. The number of aromatic carboxylic acids is 1. The van der Waals surface area contributed by atoms with Crippen LogP contribution in [0.1, 0.15) is 24.3 Å². The molecule has 1 aromatic rings. The van der Waals surface area contributed by atoms with Gasteiger partial charge < -0.3 is 19.9 Å². The minimum atomic E-state index is -1.06. The van der Waals surface area contributed by atoms with E-state index in [0.717, 1.165) is 5.57 Å². The lowest BCUT2D eigenvalue weighted by Gasteiger charge is -2.21. The first-order chi connectivity index (χ1) is 9.43. The first-order valence-corrected chi connectivity index (χ1v) is 6.36. The predicted molar refractivity (Wildman–Crippen MR) is 74.6 cm³/mol. The van der Waals surface area contributed by atoms with Gasteiger partial charge in [0.15, 0.2) is 5.69 Å². The zero-order chi connectivity index (χ0) is 15.1. The van der Waals surface area contributed by atoms with Gasteiger partial charge in [0, 0.05) is 32.4 Å². The molecule has 0 spiro atoms. The van der Waals surface area contributed by atoms with Crippen molar-refractivity contribution in [3.05, 3.63) is 30.4 Å². The van der Waals surface area contributed by atoms with E-state index in [1.807, 2.05) is 13.8 Å². The largest absolute Gasteiger partial charge is 0.476 e. The number of rotatable bonds is 7. The molecule has 110 valence electrons. The van der Waals surface area contributed by atoms with Crippen LogP contribution in [0.15, 0.2) is 24.7 Å². The van der Waals surface area contributed by atoms with Crippen molar-refractivity contribution in [1.29, 1.82) is 0 Å². The summed E-state index contributed by atoms with van der Waals surface area (Å²) in [5, 5.41) is 11.5. The highest BCUT2D eigenvalue weighted by atomic mass is 16.4. The van der Waals surface area contributed by atoms with Gasteiger partial charge in [-0.3, -0.25) is 0 Å². The Balaban J connectivity index is 2.40. The third kappa shape index (κ3) is 4.75. The second kappa shape index (κ2) is 7.32. The van der Waals surface area contributed by atoms with Gasteiger partial charge in [-0.05, 0) is 13.8 Å². The second-order valence-corrected chi connectivity index (χ2v) is 4.51. The molecule has 20 heavy (non-hydrogen) atoms. The van der Waals surface area contributed by atoms with Gasteiger partial charge in [-0.25, -0.2) is 14.6 Å². The number of amides is 2. The van der Waals surface area contributed by atoms with Crippen molar-refractivity contribution in [3.8, 4) is 0 Å². The molecule has 7 heteroatoms. The number of likely N-dealkylation sites (N-methyl/N-ethyl adjacent to an activating group) is 1. The Hall–Kier alpha value is -2.31. The molecule has 0 aliphatic rings. The first kappa shape index (κ1) is 15.7.